The molecule has 0 saturated carbocycles. The van der Waals surface area contributed by atoms with Gasteiger partial charge in [-0.3, -0.25) is 0 Å². The number of likely N-dealkylation sites (tertiary alicyclic amines) is 1. The maximum absolute atomic E-state index is 12.0. The molecule has 0 aliphatic carbocycles. The lowest BCUT2D eigenvalue weighted by molar-refractivity contribution is 0.177. The largest absolute Gasteiger partial charge is 0.385 e. The zero-order chi connectivity index (χ0) is 13.5. The molecule has 0 bridgehead atoms. The first-order valence-electron chi connectivity index (χ1n) is 6.72. The van der Waals surface area contributed by atoms with Crippen molar-refractivity contribution in [3.8, 4) is 0 Å². The van der Waals surface area contributed by atoms with Crippen molar-refractivity contribution in [2.24, 2.45) is 5.92 Å². The monoisotopic (exact) mass is 257 g/mol. The first-order valence-corrected chi connectivity index (χ1v) is 6.72. The van der Waals surface area contributed by atoms with Gasteiger partial charge in [-0.1, -0.05) is 0 Å². The standard InChI is InChI=1S/C13H27N3O2/c1-11(6-8-18-4)14-13(17)16-7-5-12(10-16)9-15(2)3/h11-12H,5-10H2,1-4H3,(H,14,17)/t11-,12+/m0/s1. The summed E-state index contributed by atoms with van der Waals surface area (Å²) < 4.78 is 5.01. The molecule has 5 heteroatoms. The Balaban J connectivity index is 2.27. The quantitative estimate of drug-likeness (QED) is 0.772. The van der Waals surface area contributed by atoms with Crippen LogP contribution >= 0.6 is 0 Å². The Hall–Kier alpha value is -0.810. The molecule has 106 valence electrons. The van der Waals surface area contributed by atoms with Crippen LogP contribution in [0.25, 0.3) is 0 Å². The topological polar surface area (TPSA) is 44.8 Å². The molecule has 0 aromatic heterocycles. The summed E-state index contributed by atoms with van der Waals surface area (Å²) in [5.74, 6) is 0.611. The molecule has 5 nitrogen and oxygen atoms in total. The number of ether oxygens (including phenoxy) is 1. The van der Waals surface area contributed by atoms with Crippen LogP contribution in [0, 0.1) is 5.92 Å². The van der Waals surface area contributed by atoms with Crippen molar-refractivity contribution in [2.75, 3.05) is 47.4 Å². The summed E-state index contributed by atoms with van der Waals surface area (Å²) in [5, 5.41) is 3.02. The Bertz CT molecular complexity index is 259. The van der Waals surface area contributed by atoms with Gasteiger partial charge >= 0.3 is 6.03 Å². The first kappa shape index (κ1) is 15.2. The van der Waals surface area contributed by atoms with Gasteiger partial charge in [0.15, 0.2) is 0 Å². The van der Waals surface area contributed by atoms with Gasteiger partial charge < -0.3 is 19.9 Å². The predicted octanol–water partition coefficient (Wildman–Crippen LogP) is 1.00. The predicted molar refractivity (Wildman–Crippen MR) is 72.7 cm³/mol. The molecule has 0 radical (unpaired) electrons. The minimum absolute atomic E-state index is 0.0693. The van der Waals surface area contributed by atoms with Gasteiger partial charge in [-0.25, -0.2) is 4.79 Å². The highest BCUT2D eigenvalue weighted by Crippen LogP contribution is 2.16. The fraction of sp³-hybridized carbons (Fsp3) is 0.923. The molecule has 1 aliphatic heterocycles. The van der Waals surface area contributed by atoms with Crippen LogP contribution < -0.4 is 5.32 Å². The van der Waals surface area contributed by atoms with Crippen LogP contribution in [0.15, 0.2) is 0 Å². The van der Waals surface area contributed by atoms with Crippen LogP contribution in [0.1, 0.15) is 19.8 Å². The molecule has 0 aromatic carbocycles. The molecule has 1 saturated heterocycles. The number of hydrogen-bond donors (Lipinski definition) is 1. The van der Waals surface area contributed by atoms with E-state index < -0.39 is 0 Å². The van der Waals surface area contributed by atoms with Gasteiger partial charge in [-0.15, -0.1) is 0 Å². The van der Waals surface area contributed by atoms with E-state index in [4.69, 9.17) is 4.74 Å². The Morgan fingerprint density at radius 3 is 2.89 bits per heavy atom. The number of nitrogens with one attached hydrogen (secondary N) is 1. The number of carbonyl (C=O) groups is 1. The molecule has 1 heterocycles. The molecule has 18 heavy (non-hydrogen) atoms. The average molecular weight is 257 g/mol. The molecule has 0 unspecified atom stereocenters. The summed E-state index contributed by atoms with van der Waals surface area (Å²) in [5.41, 5.74) is 0. The maximum atomic E-state index is 12.0. The van der Waals surface area contributed by atoms with Crippen LogP contribution in [0.5, 0.6) is 0 Å². The van der Waals surface area contributed by atoms with Gasteiger partial charge in [0.2, 0.25) is 0 Å². The van der Waals surface area contributed by atoms with E-state index in [1.165, 1.54) is 0 Å². The third kappa shape index (κ3) is 5.23. The molecular formula is C13H27N3O2. The molecule has 1 N–H and O–H groups in total. The van der Waals surface area contributed by atoms with Crippen molar-refractivity contribution >= 4 is 6.03 Å². The Kier molecular flexibility index (Phi) is 6.43. The van der Waals surface area contributed by atoms with Crippen LogP contribution in [-0.2, 0) is 4.74 Å². The average Bonchev–Trinajstić information content (AvgIpc) is 2.73. The fourth-order valence-electron chi connectivity index (χ4n) is 2.35. The van der Waals surface area contributed by atoms with E-state index in [0.717, 1.165) is 32.5 Å². The number of carbonyl (C=O) groups excluding carboxylic acids is 1. The highest BCUT2D eigenvalue weighted by atomic mass is 16.5. The maximum Gasteiger partial charge on any atom is 0.317 e. The number of urea groups is 1. The van der Waals surface area contributed by atoms with Crippen LogP contribution in [-0.4, -0.2) is 69.3 Å². The van der Waals surface area contributed by atoms with E-state index in [1.807, 2.05) is 11.8 Å². The van der Waals surface area contributed by atoms with Gasteiger partial charge in [-0.05, 0) is 39.8 Å². The van der Waals surface area contributed by atoms with E-state index in [-0.39, 0.29) is 12.1 Å². The van der Waals surface area contributed by atoms with Crippen LogP contribution in [0.3, 0.4) is 0 Å². The molecule has 2 amide bonds. The van der Waals surface area contributed by atoms with E-state index in [0.29, 0.717) is 12.5 Å². The normalized spacial score (nSPS) is 21.4. The summed E-state index contributed by atoms with van der Waals surface area (Å²) in [6.45, 7) is 5.51. The zero-order valence-corrected chi connectivity index (χ0v) is 12.1. The minimum Gasteiger partial charge on any atom is -0.385 e. The minimum atomic E-state index is 0.0693. The number of hydrogen-bond acceptors (Lipinski definition) is 3. The van der Waals surface area contributed by atoms with Gasteiger partial charge in [0.05, 0.1) is 0 Å². The molecule has 1 fully saturated rings. The highest BCUT2D eigenvalue weighted by Gasteiger charge is 2.26. The molecule has 0 spiro atoms. The second-order valence-corrected chi connectivity index (χ2v) is 5.49. The lowest BCUT2D eigenvalue weighted by Gasteiger charge is -2.21. The second kappa shape index (κ2) is 7.59. The Morgan fingerprint density at radius 2 is 2.28 bits per heavy atom. The van der Waals surface area contributed by atoms with Crippen molar-refractivity contribution in [1.82, 2.24) is 15.1 Å². The van der Waals surface area contributed by atoms with E-state index in [1.54, 1.807) is 7.11 Å². The van der Waals surface area contributed by atoms with Crippen molar-refractivity contribution in [3.63, 3.8) is 0 Å². The second-order valence-electron chi connectivity index (χ2n) is 5.49. The van der Waals surface area contributed by atoms with Gasteiger partial charge in [0.1, 0.15) is 0 Å². The van der Waals surface area contributed by atoms with Crippen LogP contribution in [0.2, 0.25) is 0 Å². The van der Waals surface area contributed by atoms with E-state index >= 15 is 0 Å². The fourth-order valence-corrected chi connectivity index (χ4v) is 2.35. The van der Waals surface area contributed by atoms with Gasteiger partial charge in [0.25, 0.3) is 0 Å². The molecule has 0 aromatic rings. The first-order chi connectivity index (χ1) is 8.52. The Labute approximate surface area is 110 Å². The summed E-state index contributed by atoms with van der Waals surface area (Å²) in [6, 6.07) is 0.241. The van der Waals surface area contributed by atoms with Crippen LogP contribution in [0.4, 0.5) is 4.79 Å². The summed E-state index contributed by atoms with van der Waals surface area (Å²) in [6.07, 6.45) is 1.97. The number of methoxy groups -OCH3 is 1. The molecule has 2 atom stereocenters. The lowest BCUT2D eigenvalue weighted by Crippen LogP contribution is -2.43. The van der Waals surface area contributed by atoms with Gasteiger partial charge in [0, 0.05) is 39.4 Å². The van der Waals surface area contributed by atoms with Gasteiger partial charge in [-0.2, -0.15) is 0 Å². The summed E-state index contributed by atoms with van der Waals surface area (Å²) >= 11 is 0. The third-order valence-corrected chi connectivity index (χ3v) is 3.32. The summed E-state index contributed by atoms with van der Waals surface area (Å²) in [7, 11) is 5.84. The highest BCUT2D eigenvalue weighted by molar-refractivity contribution is 5.74. The van der Waals surface area contributed by atoms with Crippen molar-refractivity contribution in [3.05, 3.63) is 0 Å². The number of nitrogens with zero attached hydrogens (tertiary/aromatic N) is 2. The number of amides is 2. The van der Waals surface area contributed by atoms with Crippen molar-refractivity contribution in [1.29, 1.82) is 0 Å². The van der Waals surface area contributed by atoms with Crippen molar-refractivity contribution in [2.45, 2.75) is 25.8 Å². The van der Waals surface area contributed by atoms with E-state index in [9.17, 15) is 4.79 Å². The third-order valence-electron chi connectivity index (χ3n) is 3.32. The SMILES string of the molecule is COCC[C@H](C)NC(=O)N1CC[C@H](CN(C)C)C1. The zero-order valence-electron chi connectivity index (χ0n) is 12.1. The van der Waals surface area contributed by atoms with E-state index in [2.05, 4.69) is 24.3 Å². The smallest absolute Gasteiger partial charge is 0.317 e. The number of rotatable bonds is 6. The molecule has 1 aliphatic rings. The van der Waals surface area contributed by atoms with Crippen molar-refractivity contribution < 1.29 is 9.53 Å². The molecule has 1 rings (SSSR count). The lowest BCUT2D eigenvalue weighted by atomic mass is 10.1. The molecular weight excluding hydrogens is 230 g/mol. The summed E-state index contributed by atoms with van der Waals surface area (Å²) in [4.78, 5) is 16.1. The Morgan fingerprint density at radius 1 is 1.56 bits per heavy atom.